The number of pyridine rings is 2. The van der Waals surface area contributed by atoms with E-state index in [4.69, 9.17) is 11.6 Å². The summed E-state index contributed by atoms with van der Waals surface area (Å²) in [4.78, 5) is 29.4. The lowest BCUT2D eigenvalue weighted by Crippen LogP contribution is -2.28. The van der Waals surface area contributed by atoms with Gasteiger partial charge in [-0.15, -0.1) is 0 Å². The summed E-state index contributed by atoms with van der Waals surface area (Å²) in [5.74, 6) is -0.389. The lowest BCUT2D eigenvalue weighted by Gasteiger charge is -2.18. The number of carbonyl (C=O) groups excluding carboxylic acids is 1. The van der Waals surface area contributed by atoms with Crippen LogP contribution in [0.4, 0.5) is 11.4 Å². The number of hydrogen-bond donors (Lipinski definition) is 2. The molecule has 0 radical (unpaired) electrons. The molecule has 4 aromatic rings. The van der Waals surface area contributed by atoms with Crippen LogP contribution >= 0.6 is 11.6 Å². The van der Waals surface area contributed by atoms with Gasteiger partial charge in [-0.25, -0.2) is 5.43 Å². The van der Waals surface area contributed by atoms with Crippen LogP contribution in [0.25, 0.3) is 27.5 Å². The number of carbonyl (C=O) groups is 1. The second-order valence-electron chi connectivity index (χ2n) is 7.25. The number of anilines is 2. The quantitative estimate of drug-likeness (QED) is 0.366. The van der Waals surface area contributed by atoms with Gasteiger partial charge in [-0.1, -0.05) is 24.3 Å². The van der Waals surface area contributed by atoms with Gasteiger partial charge in [0, 0.05) is 35.8 Å². The molecular formula is C24H18ClN5O2. The van der Waals surface area contributed by atoms with Crippen molar-refractivity contribution in [3.63, 3.8) is 0 Å². The Bertz CT molecular complexity index is 1490. The Balaban J connectivity index is 1.78. The van der Waals surface area contributed by atoms with Crippen LogP contribution in [0, 0.1) is 0 Å². The number of amides is 1. The molecule has 0 saturated heterocycles. The molecule has 2 aromatic heterocycles. The molecule has 158 valence electrons. The lowest BCUT2D eigenvalue weighted by molar-refractivity contribution is -0.111. The number of nitrogens with one attached hydrogen (secondary N) is 2. The van der Waals surface area contributed by atoms with Crippen LogP contribution in [0.3, 0.4) is 0 Å². The Labute approximate surface area is 188 Å². The normalized spacial score (nSPS) is 13.1. The number of rotatable bonds is 4. The van der Waals surface area contributed by atoms with E-state index in [0.29, 0.717) is 16.4 Å². The summed E-state index contributed by atoms with van der Waals surface area (Å²) >= 11 is 6.27. The smallest absolute Gasteiger partial charge is 0.255 e. The molecule has 2 N–H and O–H groups in total. The average Bonchev–Trinajstić information content (AvgIpc) is 3.35. The van der Waals surface area contributed by atoms with E-state index in [-0.39, 0.29) is 11.5 Å². The third-order valence-electron chi connectivity index (χ3n) is 5.26. The van der Waals surface area contributed by atoms with Gasteiger partial charge in [0.05, 0.1) is 33.1 Å². The number of nitrogens with zero attached hydrogens (tertiary/aromatic N) is 3. The minimum atomic E-state index is -0.389. The molecular weight excluding hydrogens is 426 g/mol. The molecule has 0 aliphatic carbocycles. The summed E-state index contributed by atoms with van der Waals surface area (Å²) < 4.78 is 1.61. The van der Waals surface area contributed by atoms with Crippen molar-refractivity contribution in [3.05, 3.63) is 95.0 Å². The molecule has 0 bridgehead atoms. The van der Waals surface area contributed by atoms with E-state index in [1.165, 1.54) is 6.07 Å². The van der Waals surface area contributed by atoms with Crippen LogP contribution in [0.15, 0.2) is 84.5 Å². The molecule has 3 heterocycles. The first-order chi connectivity index (χ1) is 15.5. The van der Waals surface area contributed by atoms with Crippen molar-refractivity contribution in [2.75, 3.05) is 16.9 Å². The van der Waals surface area contributed by atoms with E-state index in [0.717, 1.165) is 40.1 Å². The SMILES string of the molecule is C=CC(=O)Nc1cc(-n2c(=O)ccc3cnc4ccc(N5C=CCN5)cc4c32)ccc1Cl. The number of aromatic nitrogens is 2. The van der Waals surface area contributed by atoms with Gasteiger partial charge in [0.25, 0.3) is 5.56 Å². The number of hydrazine groups is 1. The van der Waals surface area contributed by atoms with Crippen molar-refractivity contribution in [1.82, 2.24) is 15.0 Å². The first-order valence-corrected chi connectivity index (χ1v) is 10.3. The predicted octanol–water partition coefficient (Wildman–Crippen LogP) is 4.16. The van der Waals surface area contributed by atoms with Gasteiger partial charge < -0.3 is 5.32 Å². The van der Waals surface area contributed by atoms with Crippen LogP contribution in [-0.4, -0.2) is 22.0 Å². The fourth-order valence-corrected chi connectivity index (χ4v) is 3.94. The van der Waals surface area contributed by atoms with Crippen LogP contribution < -0.4 is 21.3 Å². The second-order valence-corrected chi connectivity index (χ2v) is 7.65. The maximum Gasteiger partial charge on any atom is 0.255 e. The Hall–Kier alpha value is -3.94. The largest absolute Gasteiger partial charge is 0.321 e. The predicted molar refractivity (Wildman–Crippen MR) is 128 cm³/mol. The summed E-state index contributed by atoms with van der Waals surface area (Å²) in [6, 6.07) is 14.2. The first kappa shape index (κ1) is 20.0. The summed E-state index contributed by atoms with van der Waals surface area (Å²) in [7, 11) is 0. The minimum Gasteiger partial charge on any atom is -0.321 e. The molecule has 0 unspecified atom stereocenters. The maximum atomic E-state index is 13.1. The van der Waals surface area contributed by atoms with Crippen molar-refractivity contribution in [2.45, 2.75) is 0 Å². The Kier molecular flexibility index (Phi) is 4.97. The molecule has 1 aliphatic heterocycles. The summed E-state index contributed by atoms with van der Waals surface area (Å²) in [5, 5.41) is 6.60. The molecule has 0 saturated carbocycles. The second kappa shape index (κ2) is 7.96. The van der Waals surface area contributed by atoms with Gasteiger partial charge in [-0.05, 0) is 48.5 Å². The Morgan fingerprint density at radius 1 is 1.16 bits per heavy atom. The number of fused-ring (bicyclic) bond motifs is 3. The van der Waals surface area contributed by atoms with Crippen molar-refractivity contribution >= 4 is 50.7 Å². The van der Waals surface area contributed by atoms with Crippen LogP contribution in [0.5, 0.6) is 0 Å². The standard InChI is InChI=1S/C24H18ClN5O2/c1-2-22(31)28-21-13-17(5-7-19(21)25)30-23(32)9-4-15-14-26-20-8-6-16(12-18(20)24(15)30)29-11-3-10-27-29/h2-9,11-14,27H,1,10H2,(H,28,31). The van der Waals surface area contributed by atoms with E-state index >= 15 is 0 Å². The zero-order valence-corrected chi connectivity index (χ0v) is 17.6. The highest BCUT2D eigenvalue weighted by Crippen LogP contribution is 2.30. The van der Waals surface area contributed by atoms with Gasteiger partial charge in [-0.3, -0.25) is 24.1 Å². The van der Waals surface area contributed by atoms with Crippen molar-refractivity contribution < 1.29 is 4.79 Å². The fourth-order valence-electron chi connectivity index (χ4n) is 3.78. The van der Waals surface area contributed by atoms with Crippen LogP contribution in [0.2, 0.25) is 5.02 Å². The zero-order chi connectivity index (χ0) is 22.2. The van der Waals surface area contributed by atoms with Gasteiger partial charge in [-0.2, -0.15) is 0 Å². The maximum absolute atomic E-state index is 13.1. The van der Waals surface area contributed by atoms with E-state index < -0.39 is 0 Å². The molecule has 0 fully saturated rings. The van der Waals surface area contributed by atoms with E-state index in [1.54, 1.807) is 35.0 Å². The average molecular weight is 444 g/mol. The fraction of sp³-hybridized carbons (Fsp3) is 0.0417. The number of benzene rings is 2. The van der Waals surface area contributed by atoms with Crippen molar-refractivity contribution in [2.24, 2.45) is 0 Å². The summed E-state index contributed by atoms with van der Waals surface area (Å²) in [6.07, 6.45) is 6.89. The van der Waals surface area contributed by atoms with Crippen molar-refractivity contribution in [3.8, 4) is 5.69 Å². The highest BCUT2D eigenvalue weighted by Gasteiger charge is 2.14. The highest BCUT2D eigenvalue weighted by atomic mass is 35.5. The Morgan fingerprint density at radius 3 is 2.78 bits per heavy atom. The van der Waals surface area contributed by atoms with Gasteiger partial charge in [0.2, 0.25) is 5.91 Å². The minimum absolute atomic E-state index is 0.210. The van der Waals surface area contributed by atoms with E-state index in [2.05, 4.69) is 22.3 Å². The number of hydrogen-bond acceptors (Lipinski definition) is 5. The molecule has 1 aliphatic rings. The molecule has 2 aromatic carbocycles. The molecule has 5 rings (SSSR count). The van der Waals surface area contributed by atoms with Crippen molar-refractivity contribution in [1.29, 1.82) is 0 Å². The molecule has 8 heteroatoms. The number of halogens is 1. The molecule has 32 heavy (non-hydrogen) atoms. The monoisotopic (exact) mass is 443 g/mol. The Morgan fingerprint density at radius 2 is 2.00 bits per heavy atom. The highest BCUT2D eigenvalue weighted by molar-refractivity contribution is 6.34. The summed E-state index contributed by atoms with van der Waals surface area (Å²) in [6.45, 7) is 4.22. The lowest BCUT2D eigenvalue weighted by atomic mass is 10.1. The van der Waals surface area contributed by atoms with E-state index in [1.807, 2.05) is 35.5 Å². The topological polar surface area (TPSA) is 79.3 Å². The first-order valence-electron chi connectivity index (χ1n) is 9.92. The van der Waals surface area contributed by atoms with Crippen LogP contribution in [0.1, 0.15) is 0 Å². The third-order valence-corrected chi connectivity index (χ3v) is 5.59. The third kappa shape index (κ3) is 3.43. The van der Waals surface area contributed by atoms with Gasteiger partial charge >= 0.3 is 0 Å². The summed E-state index contributed by atoms with van der Waals surface area (Å²) in [5.41, 5.74) is 6.41. The van der Waals surface area contributed by atoms with E-state index in [9.17, 15) is 9.59 Å². The zero-order valence-electron chi connectivity index (χ0n) is 16.9. The van der Waals surface area contributed by atoms with Gasteiger partial charge in [0.1, 0.15) is 0 Å². The van der Waals surface area contributed by atoms with Crippen LogP contribution in [-0.2, 0) is 4.79 Å². The molecule has 0 atom stereocenters. The molecule has 1 amide bonds. The molecule has 0 spiro atoms. The van der Waals surface area contributed by atoms with Gasteiger partial charge in [0.15, 0.2) is 0 Å². The molecule has 7 nitrogen and oxygen atoms in total.